The Morgan fingerprint density at radius 3 is 2.60 bits per heavy atom. The molecular weight excluding hydrogens is 264 g/mol. The van der Waals surface area contributed by atoms with Crippen molar-refractivity contribution in [2.24, 2.45) is 0 Å². The summed E-state index contributed by atoms with van der Waals surface area (Å²) in [6.07, 6.45) is 3.16. The molecule has 0 saturated heterocycles. The molecule has 0 heterocycles. The van der Waals surface area contributed by atoms with E-state index in [4.69, 9.17) is 5.11 Å². The lowest BCUT2D eigenvalue weighted by molar-refractivity contribution is -0.384. The first-order valence-corrected chi connectivity index (χ1v) is 6.39. The van der Waals surface area contributed by atoms with Crippen LogP contribution in [0.15, 0.2) is 18.2 Å². The van der Waals surface area contributed by atoms with Crippen LogP contribution in [0.3, 0.4) is 0 Å². The summed E-state index contributed by atoms with van der Waals surface area (Å²) in [5, 5.41) is 32.9. The van der Waals surface area contributed by atoms with Crippen molar-refractivity contribution in [2.45, 2.75) is 31.3 Å². The third-order valence-electron chi connectivity index (χ3n) is 3.59. The number of nitrogens with zero attached hydrogens (tertiary/aromatic N) is 1. The van der Waals surface area contributed by atoms with Gasteiger partial charge in [-0.15, -0.1) is 0 Å². The van der Waals surface area contributed by atoms with Crippen LogP contribution in [0.25, 0.3) is 0 Å². The highest BCUT2D eigenvalue weighted by atomic mass is 16.6. The van der Waals surface area contributed by atoms with Crippen molar-refractivity contribution in [3.8, 4) is 0 Å². The fourth-order valence-corrected chi connectivity index (χ4v) is 2.45. The summed E-state index contributed by atoms with van der Waals surface area (Å²) in [5.74, 6) is -1.17. The number of carbonyl (C=O) groups is 1. The van der Waals surface area contributed by atoms with Gasteiger partial charge in [0.2, 0.25) is 0 Å². The number of carboxylic acids is 1. The first-order valence-electron chi connectivity index (χ1n) is 6.39. The molecule has 1 fully saturated rings. The number of rotatable bonds is 5. The second-order valence-corrected chi connectivity index (χ2v) is 5.08. The molecule has 0 aliphatic heterocycles. The smallest absolute Gasteiger partial charge is 0.337 e. The fraction of sp³-hybridized carbons (Fsp3) is 0.462. The maximum atomic E-state index is 11.1. The Morgan fingerprint density at radius 1 is 1.40 bits per heavy atom. The molecule has 0 amide bonds. The second-order valence-electron chi connectivity index (χ2n) is 5.08. The summed E-state index contributed by atoms with van der Waals surface area (Å²) in [6, 6.07) is 3.53. The third kappa shape index (κ3) is 3.05. The van der Waals surface area contributed by atoms with Crippen molar-refractivity contribution in [2.75, 3.05) is 11.9 Å². The number of nitro groups is 1. The topological polar surface area (TPSA) is 113 Å². The van der Waals surface area contributed by atoms with Crippen LogP contribution in [-0.4, -0.2) is 33.3 Å². The lowest BCUT2D eigenvalue weighted by atomic mass is 10.0. The first-order chi connectivity index (χ1) is 9.41. The molecule has 3 N–H and O–H groups in total. The van der Waals surface area contributed by atoms with Crippen molar-refractivity contribution in [1.29, 1.82) is 0 Å². The molecule has 1 aliphatic carbocycles. The van der Waals surface area contributed by atoms with Gasteiger partial charge in [0.15, 0.2) is 0 Å². The fourth-order valence-electron chi connectivity index (χ4n) is 2.45. The van der Waals surface area contributed by atoms with E-state index >= 15 is 0 Å². The van der Waals surface area contributed by atoms with Crippen LogP contribution in [-0.2, 0) is 0 Å². The summed E-state index contributed by atoms with van der Waals surface area (Å²) in [5.41, 5.74) is -0.930. The van der Waals surface area contributed by atoms with Gasteiger partial charge in [-0.2, -0.15) is 0 Å². The standard InChI is InChI=1S/C13H16N2O5/c16-12(17)10-4-3-9(15(19)20)7-11(10)14-8-13(18)5-1-2-6-13/h3-4,7,14,18H,1-2,5-6,8H2,(H,16,17). The van der Waals surface area contributed by atoms with Crippen LogP contribution in [0.5, 0.6) is 0 Å². The van der Waals surface area contributed by atoms with Crippen molar-refractivity contribution < 1.29 is 19.9 Å². The van der Waals surface area contributed by atoms with Gasteiger partial charge in [-0.25, -0.2) is 4.79 Å². The first kappa shape index (κ1) is 14.3. The Hall–Kier alpha value is -2.15. The van der Waals surface area contributed by atoms with Gasteiger partial charge in [0.1, 0.15) is 0 Å². The predicted molar refractivity (Wildman–Crippen MR) is 72.0 cm³/mol. The van der Waals surface area contributed by atoms with Crippen molar-refractivity contribution in [1.82, 2.24) is 0 Å². The summed E-state index contributed by atoms with van der Waals surface area (Å²) in [7, 11) is 0. The molecule has 0 radical (unpaired) electrons. The minimum Gasteiger partial charge on any atom is -0.478 e. The number of carboxylic acid groups (broad SMARTS) is 1. The van der Waals surface area contributed by atoms with Crippen LogP contribution in [0.1, 0.15) is 36.0 Å². The number of nitro benzene ring substituents is 1. The lowest BCUT2D eigenvalue weighted by Gasteiger charge is -2.23. The molecule has 108 valence electrons. The molecule has 0 aromatic heterocycles. The van der Waals surface area contributed by atoms with Gasteiger partial charge < -0.3 is 15.5 Å². The maximum absolute atomic E-state index is 11.1. The monoisotopic (exact) mass is 280 g/mol. The normalized spacial score (nSPS) is 16.9. The van der Waals surface area contributed by atoms with Gasteiger partial charge in [0.05, 0.1) is 21.8 Å². The van der Waals surface area contributed by atoms with E-state index in [0.717, 1.165) is 18.9 Å². The minimum absolute atomic E-state index is 0.0443. The van der Waals surface area contributed by atoms with E-state index in [2.05, 4.69) is 5.32 Å². The Balaban J connectivity index is 2.21. The van der Waals surface area contributed by atoms with Gasteiger partial charge in [-0.05, 0) is 18.9 Å². The molecule has 0 spiro atoms. The van der Waals surface area contributed by atoms with E-state index in [1.807, 2.05) is 0 Å². The van der Waals surface area contributed by atoms with Crippen LogP contribution < -0.4 is 5.32 Å². The molecule has 0 bridgehead atoms. The van der Waals surface area contributed by atoms with Gasteiger partial charge in [0, 0.05) is 18.7 Å². The number of hydrogen-bond acceptors (Lipinski definition) is 5. The number of hydrogen-bond donors (Lipinski definition) is 3. The third-order valence-corrected chi connectivity index (χ3v) is 3.59. The van der Waals surface area contributed by atoms with E-state index in [1.165, 1.54) is 12.1 Å². The summed E-state index contributed by atoms with van der Waals surface area (Å²) >= 11 is 0. The average molecular weight is 280 g/mol. The number of non-ortho nitro benzene ring substituents is 1. The van der Waals surface area contributed by atoms with Crippen LogP contribution in [0, 0.1) is 10.1 Å². The van der Waals surface area contributed by atoms with Crippen LogP contribution >= 0.6 is 0 Å². The SMILES string of the molecule is O=C(O)c1ccc([N+](=O)[O-])cc1NCC1(O)CCCC1. The highest BCUT2D eigenvalue weighted by Crippen LogP contribution is 2.30. The maximum Gasteiger partial charge on any atom is 0.337 e. The molecule has 1 aromatic carbocycles. The number of benzene rings is 1. The van der Waals surface area contributed by atoms with Crippen molar-refractivity contribution in [3.05, 3.63) is 33.9 Å². The lowest BCUT2D eigenvalue weighted by Crippen LogP contribution is -2.33. The Labute approximate surface area is 115 Å². The number of anilines is 1. The van der Waals surface area contributed by atoms with Crippen molar-refractivity contribution >= 4 is 17.3 Å². The molecule has 2 rings (SSSR count). The van der Waals surface area contributed by atoms with Crippen LogP contribution in [0.2, 0.25) is 0 Å². The van der Waals surface area contributed by atoms with Gasteiger partial charge in [0.25, 0.3) is 5.69 Å². The van der Waals surface area contributed by atoms with E-state index in [-0.39, 0.29) is 23.5 Å². The number of nitrogens with one attached hydrogen (secondary N) is 1. The van der Waals surface area contributed by atoms with Gasteiger partial charge in [-0.1, -0.05) is 12.8 Å². The van der Waals surface area contributed by atoms with E-state index < -0.39 is 16.5 Å². The molecule has 0 unspecified atom stereocenters. The van der Waals surface area contributed by atoms with Crippen LogP contribution in [0.4, 0.5) is 11.4 Å². The Kier molecular flexibility index (Phi) is 3.89. The van der Waals surface area contributed by atoms with Crippen molar-refractivity contribution in [3.63, 3.8) is 0 Å². The zero-order valence-electron chi connectivity index (χ0n) is 10.8. The Bertz CT molecular complexity index is 538. The molecule has 7 nitrogen and oxygen atoms in total. The number of aromatic carboxylic acids is 1. The quantitative estimate of drug-likeness (QED) is 0.561. The molecule has 20 heavy (non-hydrogen) atoms. The largest absolute Gasteiger partial charge is 0.478 e. The molecule has 7 heteroatoms. The minimum atomic E-state index is -1.17. The molecule has 1 aliphatic rings. The van der Waals surface area contributed by atoms with E-state index in [0.29, 0.717) is 12.8 Å². The molecule has 1 aromatic rings. The zero-order valence-corrected chi connectivity index (χ0v) is 10.8. The highest BCUT2D eigenvalue weighted by Gasteiger charge is 2.31. The van der Waals surface area contributed by atoms with E-state index in [1.54, 1.807) is 0 Å². The van der Waals surface area contributed by atoms with Gasteiger partial charge >= 0.3 is 5.97 Å². The Morgan fingerprint density at radius 2 is 2.05 bits per heavy atom. The second kappa shape index (κ2) is 5.46. The average Bonchev–Trinajstić information content (AvgIpc) is 2.83. The summed E-state index contributed by atoms with van der Waals surface area (Å²) < 4.78 is 0. The predicted octanol–water partition coefficient (Wildman–Crippen LogP) is 2.01. The number of aliphatic hydroxyl groups is 1. The molecule has 1 saturated carbocycles. The summed E-state index contributed by atoms with van der Waals surface area (Å²) in [4.78, 5) is 21.3. The molecular formula is C13H16N2O5. The molecule has 0 atom stereocenters. The van der Waals surface area contributed by atoms with Gasteiger partial charge in [-0.3, -0.25) is 10.1 Å². The summed E-state index contributed by atoms with van der Waals surface area (Å²) in [6.45, 7) is 0.189. The highest BCUT2D eigenvalue weighted by molar-refractivity contribution is 5.94. The zero-order chi connectivity index (χ0) is 14.8. The van der Waals surface area contributed by atoms with E-state index in [9.17, 15) is 20.0 Å².